The van der Waals surface area contributed by atoms with Crippen molar-refractivity contribution in [1.82, 2.24) is 4.90 Å². The van der Waals surface area contributed by atoms with E-state index in [0.717, 1.165) is 10.5 Å². The molecule has 0 aromatic heterocycles. The zero-order valence-corrected chi connectivity index (χ0v) is 12.4. The van der Waals surface area contributed by atoms with Crippen LogP contribution in [0.15, 0.2) is 65.6 Å². The number of aliphatic hydroxyl groups excluding tert-OH is 1. The molecule has 1 aliphatic rings. The van der Waals surface area contributed by atoms with Crippen molar-refractivity contribution in [2.24, 2.45) is 0 Å². The van der Waals surface area contributed by atoms with Crippen LogP contribution in [0.3, 0.4) is 0 Å². The lowest BCUT2D eigenvalue weighted by Crippen LogP contribution is -2.33. The average molecular weight is 299 g/mol. The van der Waals surface area contributed by atoms with Gasteiger partial charge in [0.25, 0.3) is 0 Å². The van der Waals surface area contributed by atoms with Crippen molar-refractivity contribution in [3.05, 3.63) is 66.2 Å². The number of likely N-dealkylation sites (tertiary alicyclic amines) is 1. The molecule has 4 heteroatoms. The van der Waals surface area contributed by atoms with E-state index in [1.54, 1.807) is 16.7 Å². The summed E-state index contributed by atoms with van der Waals surface area (Å²) >= 11 is 1.55. The third-order valence-corrected chi connectivity index (χ3v) is 4.89. The van der Waals surface area contributed by atoms with Crippen LogP contribution in [0.1, 0.15) is 12.0 Å². The van der Waals surface area contributed by atoms with Gasteiger partial charge in [-0.25, -0.2) is 0 Å². The monoisotopic (exact) mass is 299 g/mol. The number of carbonyl (C=O) groups excluding carboxylic acids is 1. The van der Waals surface area contributed by atoms with Gasteiger partial charge in [0.05, 0.1) is 12.5 Å². The number of carbonyl (C=O) groups is 1. The van der Waals surface area contributed by atoms with Crippen LogP contribution < -0.4 is 0 Å². The molecule has 1 amide bonds. The molecule has 1 heterocycles. The molecule has 1 N–H and O–H groups in total. The number of rotatable bonds is 4. The highest BCUT2D eigenvalue weighted by atomic mass is 32.2. The predicted molar refractivity (Wildman–Crippen MR) is 83.7 cm³/mol. The lowest BCUT2D eigenvalue weighted by molar-refractivity contribution is -0.128. The number of hydrogen-bond donors (Lipinski definition) is 1. The van der Waals surface area contributed by atoms with Crippen molar-refractivity contribution in [2.45, 2.75) is 29.3 Å². The van der Waals surface area contributed by atoms with Crippen LogP contribution in [0.5, 0.6) is 0 Å². The van der Waals surface area contributed by atoms with E-state index >= 15 is 0 Å². The molecule has 3 rings (SSSR count). The summed E-state index contributed by atoms with van der Waals surface area (Å²) in [4.78, 5) is 15.0. The van der Waals surface area contributed by atoms with Crippen molar-refractivity contribution in [3.63, 3.8) is 0 Å². The SMILES string of the molecule is O=C1C[C@H](O)[C@H](Sc2ccccc2)N1Cc1ccccc1. The van der Waals surface area contributed by atoms with Gasteiger partial charge in [-0.1, -0.05) is 60.3 Å². The molecule has 0 unspecified atom stereocenters. The van der Waals surface area contributed by atoms with Crippen LogP contribution in [-0.4, -0.2) is 27.4 Å². The second-order valence-corrected chi connectivity index (χ2v) is 6.29. The molecular weight excluding hydrogens is 282 g/mol. The van der Waals surface area contributed by atoms with Gasteiger partial charge in [0, 0.05) is 11.4 Å². The van der Waals surface area contributed by atoms with Crippen molar-refractivity contribution in [3.8, 4) is 0 Å². The molecule has 2 aromatic carbocycles. The topological polar surface area (TPSA) is 40.5 Å². The summed E-state index contributed by atoms with van der Waals surface area (Å²) in [5.74, 6) is 0.0137. The third-order valence-electron chi connectivity index (χ3n) is 3.54. The van der Waals surface area contributed by atoms with Crippen LogP contribution in [0.4, 0.5) is 0 Å². The van der Waals surface area contributed by atoms with Crippen LogP contribution in [0, 0.1) is 0 Å². The van der Waals surface area contributed by atoms with E-state index in [1.807, 2.05) is 60.7 Å². The third kappa shape index (κ3) is 3.28. The molecule has 2 aromatic rings. The summed E-state index contributed by atoms with van der Waals surface area (Å²) in [6.45, 7) is 0.543. The first-order valence-electron chi connectivity index (χ1n) is 6.97. The minimum atomic E-state index is -0.619. The molecule has 21 heavy (non-hydrogen) atoms. The maximum absolute atomic E-state index is 12.1. The molecule has 0 radical (unpaired) electrons. The molecule has 1 aliphatic heterocycles. The summed E-state index contributed by atoms with van der Waals surface area (Å²) in [6, 6.07) is 19.8. The summed E-state index contributed by atoms with van der Waals surface area (Å²) < 4.78 is 0. The van der Waals surface area contributed by atoms with E-state index < -0.39 is 6.10 Å². The lowest BCUT2D eigenvalue weighted by Gasteiger charge is -2.26. The number of amides is 1. The van der Waals surface area contributed by atoms with Crippen LogP contribution in [0.25, 0.3) is 0 Å². The molecule has 0 aliphatic carbocycles. The van der Waals surface area contributed by atoms with Crippen LogP contribution in [-0.2, 0) is 11.3 Å². The molecule has 2 atom stereocenters. The standard InChI is InChI=1S/C17H17NO2S/c19-15-11-16(20)18(12-13-7-3-1-4-8-13)17(15)21-14-9-5-2-6-10-14/h1-10,15,17,19H,11-12H2/t15-,17-/m0/s1. The molecule has 0 spiro atoms. The van der Waals surface area contributed by atoms with E-state index in [2.05, 4.69) is 0 Å². The number of aliphatic hydroxyl groups is 1. The van der Waals surface area contributed by atoms with Gasteiger partial charge in [-0.3, -0.25) is 4.79 Å². The van der Waals surface area contributed by atoms with Gasteiger partial charge in [-0.15, -0.1) is 0 Å². The maximum Gasteiger partial charge on any atom is 0.226 e. The Morgan fingerprint density at radius 2 is 1.67 bits per heavy atom. The highest BCUT2D eigenvalue weighted by Gasteiger charge is 2.39. The Balaban J connectivity index is 1.78. The Morgan fingerprint density at radius 1 is 1.05 bits per heavy atom. The van der Waals surface area contributed by atoms with Crippen LogP contribution in [0.2, 0.25) is 0 Å². The fourth-order valence-electron chi connectivity index (χ4n) is 2.49. The zero-order valence-electron chi connectivity index (χ0n) is 11.6. The molecule has 108 valence electrons. The lowest BCUT2D eigenvalue weighted by atomic mass is 10.2. The Morgan fingerprint density at radius 3 is 2.33 bits per heavy atom. The van der Waals surface area contributed by atoms with Crippen molar-refractivity contribution < 1.29 is 9.90 Å². The van der Waals surface area contributed by atoms with Crippen molar-refractivity contribution in [2.75, 3.05) is 0 Å². The number of benzene rings is 2. The quantitative estimate of drug-likeness (QED) is 0.943. The Hall–Kier alpha value is -1.78. The van der Waals surface area contributed by atoms with Crippen molar-refractivity contribution in [1.29, 1.82) is 0 Å². The average Bonchev–Trinajstić information content (AvgIpc) is 2.76. The molecule has 1 saturated heterocycles. The second-order valence-electron chi connectivity index (χ2n) is 5.10. The Bertz CT molecular complexity index is 603. The fourth-order valence-corrected chi connectivity index (χ4v) is 3.65. The van der Waals surface area contributed by atoms with Gasteiger partial charge in [0.15, 0.2) is 0 Å². The minimum Gasteiger partial charge on any atom is -0.390 e. The van der Waals surface area contributed by atoms with Crippen molar-refractivity contribution >= 4 is 17.7 Å². The van der Waals surface area contributed by atoms with E-state index in [9.17, 15) is 9.90 Å². The van der Waals surface area contributed by atoms with Gasteiger partial charge >= 0.3 is 0 Å². The van der Waals surface area contributed by atoms with Gasteiger partial charge in [0.1, 0.15) is 5.37 Å². The Kier molecular flexibility index (Phi) is 4.27. The molecule has 1 fully saturated rings. The number of nitrogens with zero attached hydrogens (tertiary/aromatic N) is 1. The minimum absolute atomic E-state index is 0.0137. The fraction of sp³-hybridized carbons (Fsp3) is 0.235. The van der Waals surface area contributed by atoms with E-state index in [1.165, 1.54) is 0 Å². The van der Waals surface area contributed by atoms with Crippen LogP contribution >= 0.6 is 11.8 Å². The first-order chi connectivity index (χ1) is 10.2. The molecule has 0 bridgehead atoms. The molecule has 0 saturated carbocycles. The smallest absolute Gasteiger partial charge is 0.226 e. The summed E-state index contributed by atoms with van der Waals surface area (Å²) in [5.41, 5.74) is 1.08. The highest BCUT2D eigenvalue weighted by Crippen LogP contribution is 2.34. The highest BCUT2D eigenvalue weighted by molar-refractivity contribution is 8.00. The van der Waals surface area contributed by atoms with Gasteiger partial charge in [-0.05, 0) is 17.7 Å². The summed E-state index contributed by atoms with van der Waals surface area (Å²) in [6.07, 6.45) is -0.413. The normalized spacial score (nSPS) is 21.8. The Labute approximate surface area is 128 Å². The number of hydrogen-bond acceptors (Lipinski definition) is 3. The maximum atomic E-state index is 12.1. The first kappa shape index (κ1) is 14.2. The molecular formula is C17H17NO2S. The summed E-state index contributed by atoms with van der Waals surface area (Å²) in [7, 11) is 0. The molecule has 3 nitrogen and oxygen atoms in total. The van der Waals surface area contributed by atoms with E-state index in [4.69, 9.17) is 0 Å². The predicted octanol–water partition coefficient (Wildman–Crippen LogP) is 2.90. The van der Waals surface area contributed by atoms with E-state index in [0.29, 0.717) is 6.54 Å². The largest absolute Gasteiger partial charge is 0.390 e. The first-order valence-corrected chi connectivity index (χ1v) is 7.85. The van der Waals surface area contributed by atoms with Gasteiger partial charge < -0.3 is 10.0 Å². The van der Waals surface area contributed by atoms with E-state index in [-0.39, 0.29) is 17.7 Å². The van der Waals surface area contributed by atoms with Gasteiger partial charge in [-0.2, -0.15) is 0 Å². The van der Waals surface area contributed by atoms with Gasteiger partial charge in [0.2, 0.25) is 5.91 Å². The summed E-state index contributed by atoms with van der Waals surface area (Å²) in [5, 5.41) is 9.96. The number of thioether (sulfide) groups is 1. The second kappa shape index (κ2) is 6.33. The zero-order chi connectivity index (χ0) is 14.7.